The summed E-state index contributed by atoms with van der Waals surface area (Å²) in [5.74, 6) is -1.47. The van der Waals surface area contributed by atoms with E-state index in [4.69, 9.17) is 10.00 Å². The molecule has 1 aliphatic heterocycles. The Balaban J connectivity index is 1.97. The molecule has 4 heteroatoms. The summed E-state index contributed by atoms with van der Waals surface area (Å²) in [6, 6.07) is 7.64. The van der Waals surface area contributed by atoms with Gasteiger partial charge in [0.15, 0.2) is 5.78 Å². The second-order valence-electron chi connectivity index (χ2n) is 4.76. The first-order valence-electron chi connectivity index (χ1n) is 6.50. The van der Waals surface area contributed by atoms with Crippen molar-refractivity contribution < 1.29 is 13.9 Å². The predicted octanol–water partition coefficient (Wildman–Crippen LogP) is 2.96. The number of ketones is 1. The molecule has 2 unspecified atom stereocenters. The van der Waals surface area contributed by atoms with Gasteiger partial charge in [-0.3, -0.25) is 4.79 Å². The van der Waals surface area contributed by atoms with Crippen molar-refractivity contribution in [3.8, 4) is 6.07 Å². The van der Waals surface area contributed by atoms with Gasteiger partial charge in [-0.2, -0.15) is 5.26 Å². The van der Waals surface area contributed by atoms with Gasteiger partial charge in [0.05, 0.1) is 12.2 Å². The summed E-state index contributed by atoms with van der Waals surface area (Å²) in [4.78, 5) is 12.0. The Morgan fingerprint density at radius 1 is 1.58 bits per heavy atom. The Morgan fingerprint density at radius 2 is 2.42 bits per heavy atom. The summed E-state index contributed by atoms with van der Waals surface area (Å²) in [6.07, 6.45) is 3.09. The van der Waals surface area contributed by atoms with Crippen molar-refractivity contribution in [1.29, 1.82) is 5.26 Å². The number of hydrogen-bond acceptors (Lipinski definition) is 3. The van der Waals surface area contributed by atoms with E-state index in [9.17, 15) is 9.18 Å². The minimum absolute atomic E-state index is 0.135. The molecule has 1 fully saturated rings. The third-order valence-electron chi connectivity index (χ3n) is 3.37. The molecule has 0 bridgehead atoms. The third-order valence-corrected chi connectivity index (χ3v) is 3.37. The van der Waals surface area contributed by atoms with Gasteiger partial charge in [0.2, 0.25) is 0 Å². The van der Waals surface area contributed by atoms with E-state index in [0.717, 1.165) is 19.4 Å². The largest absolute Gasteiger partial charge is 0.378 e. The van der Waals surface area contributed by atoms with Crippen molar-refractivity contribution in [3.05, 3.63) is 35.6 Å². The van der Waals surface area contributed by atoms with Gasteiger partial charge in [0.25, 0.3) is 0 Å². The van der Waals surface area contributed by atoms with Crippen LogP contribution in [0.4, 0.5) is 4.39 Å². The van der Waals surface area contributed by atoms with Gasteiger partial charge in [0.1, 0.15) is 11.7 Å². The van der Waals surface area contributed by atoms with Gasteiger partial charge < -0.3 is 4.74 Å². The zero-order chi connectivity index (χ0) is 13.7. The number of benzene rings is 1. The van der Waals surface area contributed by atoms with Crippen molar-refractivity contribution in [2.45, 2.75) is 37.7 Å². The Bertz CT molecular complexity index is 489. The molecule has 100 valence electrons. The van der Waals surface area contributed by atoms with Crippen molar-refractivity contribution in [1.82, 2.24) is 0 Å². The number of ether oxygens (including phenoxy) is 1. The smallest absolute Gasteiger partial charge is 0.154 e. The molecule has 19 heavy (non-hydrogen) atoms. The maximum atomic E-state index is 13.1. The van der Waals surface area contributed by atoms with Crippen molar-refractivity contribution in [2.75, 3.05) is 6.61 Å². The highest BCUT2D eigenvalue weighted by atomic mass is 19.1. The van der Waals surface area contributed by atoms with Crippen LogP contribution in [0.15, 0.2) is 24.3 Å². The maximum absolute atomic E-state index is 13.1. The lowest BCUT2D eigenvalue weighted by molar-refractivity contribution is -0.120. The van der Waals surface area contributed by atoms with E-state index >= 15 is 0 Å². The Labute approximate surface area is 112 Å². The summed E-state index contributed by atoms with van der Waals surface area (Å²) in [5.41, 5.74) is 0.430. The quantitative estimate of drug-likeness (QED) is 0.818. The Morgan fingerprint density at radius 3 is 3.05 bits per heavy atom. The van der Waals surface area contributed by atoms with Gasteiger partial charge in [-0.15, -0.1) is 0 Å². The third kappa shape index (κ3) is 3.62. The molecule has 0 amide bonds. The number of rotatable bonds is 5. The first-order chi connectivity index (χ1) is 9.20. The second-order valence-corrected chi connectivity index (χ2v) is 4.76. The Kier molecular flexibility index (Phi) is 4.64. The average Bonchev–Trinajstić information content (AvgIpc) is 2.90. The highest BCUT2D eigenvalue weighted by molar-refractivity contribution is 5.88. The molecule has 1 saturated heterocycles. The fourth-order valence-corrected chi connectivity index (χ4v) is 2.34. The van der Waals surface area contributed by atoms with Crippen molar-refractivity contribution in [3.63, 3.8) is 0 Å². The number of hydrogen-bond donors (Lipinski definition) is 0. The summed E-state index contributed by atoms with van der Waals surface area (Å²) in [6.45, 7) is 0.754. The molecule has 0 radical (unpaired) electrons. The highest BCUT2D eigenvalue weighted by Crippen LogP contribution is 2.22. The van der Waals surface area contributed by atoms with Crippen molar-refractivity contribution in [2.24, 2.45) is 0 Å². The summed E-state index contributed by atoms with van der Waals surface area (Å²) < 4.78 is 18.6. The van der Waals surface area contributed by atoms with E-state index in [-0.39, 0.29) is 11.9 Å². The van der Waals surface area contributed by atoms with E-state index in [1.165, 1.54) is 18.2 Å². The van der Waals surface area contributed by atoms with Crippen LogP contribution >= 0.6 is 0 Å². The van der Waals surface area contributed by atoms with E-state index < -0.39 is 11.7 Å². The number of halogens is 1. The van der Waals surface area contributed by atoms with Crippen LogP contribution in [-0.2, 0) is 9.53 Å². The van der Waals surface area contributed by atoms with E-state index in [0.29, 0.717) is 18.4 Å². The monoisotopic (exact) mass is 261 g/mol. The van der Waals surface area contributed by atoms with Crippen LogP contribution in [0.1, 0.15) is 37.2 Å². The van der Waals surface area contributed by atoms with Gasteiger partial charge in [-0.25, -0.2) is 4.39 Å². The minimum Gasteiger partial charge on any atom is -0.378 e. The topological polar surface area (TPSA) is 50.1 Å². The van der Waals surface area contributed by atoms with Gasteiger partial charge in [-0.1, -0.05) is 12.1 Å². The number of nitriles is 1. The van der Waals surface area contributed by atoms with Crippen LogP contribution in [0.5, 0.6) is 0 Å². The minimum atomic E-state index is -0.878. The molecule has 1 heterocycles. The van der Waals surface area contributed by atoms with E-state index in [1.807, 2.05) is 6.07 Å². The number of nitrogens with zero attached hydrogens (tertiary/aromatic N) is 1. The SMILES string of the molecule is N#CC(C(=O)CCC1CCCO1)c1cccc(F)c1. The first-order valence-corrected chi connectivity index (χ1v) is 6.50. The van der Waals surface area contributed by atoms with Crippen LogP contribution in [0.25, 0.3) is 0 Å². The van der Waals surface area contributed by atoms with Crippen LogP contribution in [0, 0.1) is 17.1 Å². The van der Waals surface area contributed by atoms with Crippen LogP contribution < -0.4 is 0 Å². The molecule has 1 aromatic carbocycles. The van der Waals surface area contributed by atoms with E-state index in [1.54, 1.807) is 6.07 Å². The van der Waals surface area contributed by atoms with Gasteiger partial charge in [-0.05, 0) is 37.0 Å². The number of carbonyl (C=O) groups is 1. The van der Waals surface area contributed by atoms with Crippen LogP contribution in [0.3, 0.4) is 0 Å². The lowest BCUT2D eigenvalue weighted by atomic mass is 9.92. The lowest BCUT2D eigenvalue weighted by Crippen LogP contribution is -2.14. The predicted molar refractivity (Wildman–Crippen MR) is 68.0 cm³/mol. The molecule has 2 rings (SSSR count). The van der Waals surface area contributed by atoms with E-state index in [2.05, 4.69) is 0 Å². The maximum Gasteiger partial charge on any atom is 0.154 e. The summed E-state index contributed by atoms with van der Waals surface area (Å²) in [5, 5.41) is 9.11. The van der Waals surface area contributed by atoms with Gasteiger partial charge >= 0.3 is 0 Å². The number of carbonyl (C=O) groups excluding carboxylic acids is 1. The molecule has 1 aromatic rings. The molecule has 2 atom stereocenters. The second kappa shape index (κ2) is 6.44. The lowest BCUT2D eigenvalue weighted by Gasteiger charge is -2.11. The number of Topliss-reactive ketones (excluding diaryl/α,β-unsaturated/α-hetero) is 1. The Hall–Kier alpha value is -1.73. The molecule has 0 spiro atoms. The molecule has 0 N–H and O–H groups in total. The van der Waals surface area contributed by atoms with Crippen molar-refractivity contribution >= 4 is 5.78 Å². The molecule has 1 aliphatic rings. The fourth-order valence-electron chi connectivity index (χ4n) is 2.34. The van der Waals surface area contributed by atoms with Crippen LogP contribution in [-0.4, -0.2) is 18.5 Å². The molecular formula is C15H16FNO2. The molecular weight excluding hydrogens is 245 g/mol. The fraction of sp³-hybridized carbons (Fsp3) is 0.467. The summed E-state index contributed by atoms with van der Waals surface area (Å²) in [7, 11) is 0. The molecule has 0 aromatic heterocycles. The van der Waals surface area contributed by atoms with Crippen LogP contribution in [0.2, 0.25) is 0 Å². The normalized spacial score (nSPS) is 19.9. The molecule has 0 aliphatic carbocycles. The average molecular weight is 261 g/mol. The zero-order valence-corrected chi connectivity index (χ0v) is 10.6. The standard InChI is InChI=1S/C15H16FNO2/c16-12-4-1-3-11(9-12)14(10-17)15(18)7-6-13-5-2-8-19-13/h1,3-4,9,13-14H,2,5-8H2. The van der Waals surface area contributed by atoms with Gasteiger partial charge in [0, 0.05) is 13.0 Å². The molecule has 3 nitrogen and oxygen atoms in total. The zero-order valence-electron chi connectivity index (χ0n) is 10.6. The highest BCUT2D eigenvalue weighted by Gasteiger charge is 2.23. The summed E-state index contributed by atoms with van der Waals surface area (Å²) >= 11 is 0. The molecule has 0 saturated carbocycles. The first kappa shape index (κ1) is 13.7.